The van der Waals surface area contributed by atoms with Gasteiger partial charge in [0.05, 0.1) is 0 Å². The summed E-state index contributed by atoms with van der Waals surface area (Å²) in [6, 6.07) is 5.60. The molecule has 0 saturated heterocycles. The number of hydrogen-bond acceptors (Lipinski definition) is 2. The molecule has 0 spiro atoms. The van der Waals surface area contributed by atoms with E-state index in [0.717, 1.165) is 19.4 Å². The lowest BCUT2D eigenvalue weighted by Crippen LogP contribution is -2.13. The van der Waals surface area contributed by atoms with E-state index in [1.165, 1.54) is 11.1 Å². The Morgan fingerprint density at radius 3 is 2.83 bits per heavy atom. The summed E-state index contributed by atoms with van der Waals surface area (Å²) in [6.45, 7) is 0.745. The Morgan fingerprint density at radius 1 is 1.33 bits per heavy atom. The summed E-state index contributed by atoms with van der Waals surface area (Å²) in [5, 5.41) is 9.22. The summed E-state index contributed by atoms with van der Waals surface area (Å²) < 4.78 is 0. The number of benzene rings is 1. The van der Waals surface area contributed by atoms with Gasteiger partial charge < -0.3 is 10.8 Å². The number of rotatable bonds is 1. The first kappa shape index (κ1) is 7.62. The lowest BCUT2D eigenvalue weighted by molar-refractivity contribution is 0.474. The fourth-order valence-corrected chi connectivity index (χ4v) is 1.86. The first-order valence-electron chi connectivity index (χ1n) is 4.30. The summed E-state index contributed by atoms with van der Waals surface area (Å²) in [5.74, 6) is 0.952. The molecule has 2 rings (SSSR count). The number of aromatic hydroxyl groups is 1. The van der Waals surface area contributed by atoms with Gasteiger partial charge in [0.2, 0.25) is 0 Å². The smallest absolute Gasteiger partial charge is 0.115 e. The third-order valence-electron chi connectivity index (χ3n) is 2.54. The minimum absolute atomic E-state index is 0.367. The molecule has 0 fully saturated rings. The number of phenols is 1. The van der Waals surface area contributed by atoms with E-state index in [0.29, 0.717) is 11.7 Å². The van der Waals surface area contributed by atoms with Crippen LogP contribution in [-0.4, -0.2) is 11.7 Å². The fraction of sp³-hybridized carbons (Fsp3) is 0.400. The molecule has 1 aromatic rings. The van der Waals surface area contributed by atoms with E-state index in [9.17, 15) is 5.11 Å². The number of nitrogens with two attached hydrogens (primary N) is 1. The summed E-state index contributed by atoms with van der Waals surface area (Å²) in [6.07, 6.45) is 2.10. The highest BCUT2D eigenvalue weighted by Gasteiger charge is 2.19. The summed E-state index contributed by atoms with van der Waals surface area (Å²) >= 11 is 0. The first-order chi connectivity index (χ1) is 5.79. The molecule has 0 bridgehead atoms. The molecule has 64 valence electrons. The lowest BCUT2D eigenvalue weighted by Gasteiger charge is -2.01. The molecule has 1 unspecified atom stereocenters. The van der Waals surface area contributed by atoms with Crippen molar-refractivity contribution < 1.29 is 5.11 Å². The van der Waals surface area contributed by atoms with Crippen LogP contribution in [0.15, 0.2) is 18.2 Å². The predicted octanol–water partition coefficient (Wildman–Crippen LogP) is 1.07. The zero-order chi connectivity index (χ0) is 8.55. The van der Waals surface area contributed by atoms with E-state index in [-0.39, 0.29) is 0 Å². The second kappa shape index (κ2) is 2.79. The average molecular weight is 163 g/mol. The van der Waals surface area contributed by atoms with Gasteiger partial charge in [0, 0.05) is 0 Å². The molecule has 0 radical (unpaired) electrons. The SMILES string of the molecule is NCC1Cc2ccc(O)cc2C1. The van der Waals surface area contributed by atoms with E-state index >= 15 is 0 Å². The Labute approximate surface area is 72.0 Å². The minimum Gasteiger partial charge on any atom is -0.508 e. The highest BCUT2D eigenvalue weighted by atomic mass is 16.3. The van der Waals surface area contributed by atoms with Gasteiger partial charge in [-0.1, -0.05) is 6.07 Å². The highest BCUT2D eigenvalue weighted by Crippen LogP contribution is 2.28. The normalized spacial score (nSPS) is 20.9. The van der Waals surface area contributed by atoms with Gasteiger partial charge in [0.25, 0.3) is 0 Å². The quantitative estimate of drug-likeness (QED) is 0.650. The number of hydrogen-bond donors (Lipinski definition) is 2. The Balaban J connectivity index is 2.30. The van der Waals surface area contributed by atoms with Gasteiger partial charge in [-0.3, -0.25) is 0 Å². The van der Waals surface area contributed by atoms with Crippen LogP contribution in [0.4, 0.5) is 0 Å². The van der Waals surface area contributed by atoms with Gasteiger partial charge in [0.15, 0.2) is 0 Å². The summed E-state index contributed by atoms with van der Waals surface area (Å²) in [4.78, 5) is 0. The van der Waals surface area contributed by atoms with Crippen molar-refractivity contribution in [2.45, 2.75) is 12.8 Å². The second-order valence-electron chi connectivity index (χ2n) is 3.46. The van der Waals surface area contributed by atoms with Crippen molar-refractivity contribution in [1.29, 1.82) is 0 Å². The van der Waals surface area contributed by atoms with Crippen molar-refractivity contribution in [3.63, 3.8) is 0 Å². The van der Waals surface area contributed by atoms with Crippen molar-refractivity contribution in [2.24, 2.45) is 11.7 Å². The van der Waals surface area contributed by atoms with Crippen molar-refractivity contribution in [2.75, 3.05) is 6.54 Å². The minimum atomic E-state index is 0.367. The molecule has 2 heteroatoms. The van der Waals surface area contributed by atoms with Crippen LogP contribution in [-0.2, 0) is 12.8 Å². The van der Waals surface area contributed by atoms with Crippen molar-refractivity contribution in [1.82, 2.24) is 0 Å². The zero-order valence-corrected chi connectivity index (χ0v) is 6.96. The zero-order valence-electron chi connectivity index (χ0n) is 6.96. The highest BCUT2D eigenvalue weighted by molar-refractivity contribution is 5.38. The van der Waals surface area contributed by atoms with Crippen LogP contribution >= 0.6 is 0 Å². The van der Waals surface area contributed by atoms with Crippen LogP contribution in [0.3, 0.4) is 0 Å². The maximum atomic E-state index is 9.22. The molecular weight excluding hydrogens is 150 g/mol. The van der Waals surface area contributed by atoms with Crippen molar-refractivity contribution >= 4 is 0 Å². The van der Waals surface area contributed by atoms with Gasteiger partial charge in [-0.05, 0) is 48.6 Å². The molecule has 0 aliphatic heterocycles. The third kappa shape index (κ3) is 1.18. The maximum absolute atomic E-state index is 9.22. The molecule has 0 heterocycles. The van der Waals surface area contributed by atoms with Crippen LogP contribution in [0.25, 0.3) is 0 Å². The van der Waals surface area contributed by atoms with E-state index in [4.69, 9.17) is 5.73 Å². The van der Waals surface area contributed by atoms with Gasteiger partial charge in [-0.2, -0.15) is 0 Å². The van der Waals surface area contributed by atoms with Crippen LogP contribution in [0.2, 0.25) is 0 Å². The fourth-order valence-electron chi connectivity index (χ4n) is 1.86. The van der Waals surface area contributed by atoms with Crippen LogP contribution in [0.5, 0.6) is 5.75 Å². The van der Waals surface area contributed by atoms with E-state index in [1.807, 2.05) is 12.1 Å². The molecule has 1 aliphatic carbocycles. The maximum Gasteiger partial charge on any atom is 0.115 e. The molecule has 0 amide bonds. The molecule has 3 N–H and O–H groups in total. The van der Waals surface area contributed by atoms with Crippen LogP contribution in [0, 0.1) is 5.92 Å². The van der Waals surface area contributed by atoms with E-state index in [2.05, 4.69) is 0 Å². The molecule has 1 atom stereocenters. The average Bonchev–Trinajstić information content (AvgIpc) is 2.46. The van der Waals surface area contributed by atoms with Crippen molar-refractivity contribution in [3.8, 4) is 5.75 Å². The number of phenolic OH excluding ortho intramolecular Hbond substituents is 1. The third-order valence-corrected chi connectivity index (χ3v) is 2.54. The standard InChI is InChI=1S/C10H13NO/c11-6-7-3-8-1-2-10(12)5-9(8)4-7/h1-2,5,7,12H,3-4,6,11H2. The number of fused-ring (bicyclic) bond motifs is 1. The van der Waals surface area contributed by atoms with Crippen LogP contribution < -0.4 is 5.73 Å². The van der Waals surface area contributed by atoms with Gasteiger partial charge in [-0.25, -0.2) is 0 Å². The Morgan fingerprint density at radius 2 is 2.08 bits per heavy atom. The molecule has 0 aromatic heterocycles. The summed E-state index contributed by atoms with van der Waals surface area (Å²) in [7, 11) is 0. The molecular formula is C10H13NO. The van der Waals surface area contributed by atoms with Crippen LogP contribution in [0.1, 0.15) is 11.1 Å². The molecule has 2 nitrogen and oxygen atoms in total. The predicted molar refractivity (Wildman–Crippen MR) is 48.1 cm³/mol. The Hall–Kier alpha value is -1.02. The monoisotopic (exact) mass is 163 g/mol. The summed E-state index contributed by atoms with van der Waals surface area (Å²) in [5.41, 5.74) is 8.21. The van der Waals surface area contributed by atoms with Gasteiger partial charge in [-0.15, -0.1) is 0 Å². The Bertz CT molecular complexity index is 296. The first-order valence-corrected chi connectivity index (χ1v) is 4.30. The second-order valence-corrected chi connectivity index (χ2v) is 3.46. The lowest BCUT2D eigenvalue weighted by atomic mass is 10.1. The molecule has 1 aliphatic rings. The van der Waals surface area contributed by atoms with E-state index < -0.39 is 0 Å². The molecule has 0 saturated carbocycles. The topological polar surface area (TPSA) is 46.2 Å². The molecule has 12 heavy (non-hydrogen) atoms. The van der Waals surface area contributed by atoms with E-state index in [1.54, 1.807) is 6.07 Å². The van der Waals surface area contributed by atoms with Gasteiger partial charge >= 0.3 is 0 Å². The Kier molecular flexibility index (Phi) is 1.77. The van der Waals surface area contributed by atoms with Crippen molar-refractivity contribution in [3.05, 3.63) is 29.3 Å². The molecule has 1 aromatic carbocycles. The largest absolute Gasteiger partial charge is 0.508 e. The van der Waals surface area contributed by atoms with Gasteiger partial charge in [0.1, 0.15) is 5.75 Å².